The molecule has 0 saturated heterocycles. The third-order valence-corrected chi connectivity index (χ3v) is 1.67. The van der Waals surface area contributed by atoms with Gasteiger partial charge in [-0.1, -0.05) is 0 Å². The fourth-order valence-electron chi connectivity index (χ4n) is 0.857. The van der Waals surface area contributed by atoms with Crippen molar-refractivity contribution in [1.29, 1.82) is 0 Å². The van der Waals surface area contributed by atoms with Gasteiger partial charge in [0.2, 0.25) is 0 Å². The van der Waals surface area contributed by atoms with E-state index in [2.05, 4.69) is 0 Å². The van der Waals surface area contributed by atoms with E-state index >= 15 is 0 Å². The Balaban J connectivity index is 3.60. The number of ether oxygens (including phenoxy) is 1. The van der Waals surface area contributed by atoms with Gasteiger partial charge < -0.3 is 21.3 Å². The predicted octanol–water partition coefficient (Wildman–Crippen LogP) is -1.02. The maximum atomic E-state index is 11.0. The second kappa shape index (κ2) is 6.82. The van der Waals surface area contributed by atoms with E-state index in [-0.39, 0.29) is 6.54 Å². The Kier molecular flexibility index (Phi) is 6.48. The van der Waals surface area contributed by atoms with Crippen molar-refractivity contribution in [2.75, 3.05) is 13.2 Å². The molecule has 0 aliphatic heterocycles. The summed E-state index contributed by atoms with van der Waals surface area (Å²) in [5.74, 6) is -0.424. The van der Waals surface area contributed by atoms with Gasteiger partial charge in [0.05, 0.1) is 12.7 Å². The standard InChI is InChI=1S/C8H18N2O3/c1-2-13-8(12)7(10)4-3-6(11)5-9/h6-7,11H,2-5,9-10H2,1H3. The molecule has 78 valence electrons. The highest BCUT2D eigenvalue weighted by molar-refractivity contribution is 5.75. The summed E-state index contributed by atoms with van der Waals surface area (Å²) in [6.45, 7) is 2.24. The smallest absolute Gasteiger partial charge is 0.322 e. The van der Waals surface area contributed by atoms with E-state index in [1.807, 2.05) is 0 Å². The molecule has 0 aliphatic rings. The number of aliphatic hydroxyl groups is 1. The minimum atomic E-state index is -0.652. The van der Waals surface area contributed by atoms with E-state index in [9.17, 15) is 4.79 Å². The maximum Gasteiger partial charge on any atom is 0.322 e. The first-order valence-corrected chi connectivity index (χ1v) is 4.42. The number of hydrogen-bond acceptors (Lipinski definition) is 5. The highest BCUT2D eigenvalue weighted by Gasteiger charge is 2.15. The van der Waals surface area contributed by atoms with Crippen molar-refractivity contribution < 1.29 is 14.6 Å². The zero-order chi connectivity index (χ0) is 10.3. The van der Waals surface area contributed by atoms with Crippen LogP contribution in [0.4, 0.5) is 0 Å². The summed E-state index contributed by atoms with van der Waals surface area (Å²) in [6.07, 6.45) is 0.244. The number of hydrogen-bond donors (Lipinski definition) is 3. The average molecular weight is 190 g/mol. The van der Waals surface area contributed by atoms with Crippen LogP contribution in [0.2, 0.25) is 0 Å². The molecule has 2 atom stereocenters. The highest BCUT2D eigenvalue weighted by Crippen LogP contribution is 2.00. The van der Waals surface area contributed by atoms with Crippen molar-refractivity contribution in [2.24, 2.45) is 11.5 Å². The summed E-state index contributed by atoms with van der Waals surface area (Å²) < 4.78 is 4.69. The van der Waals surface area contributed by atoms with E-state index in [1.165, 1.54) is 0 Å². The predicted molar refractivity (Wildman–Crippen MR) is 48.9 cm³/mol. The maximum absolute atomic E-state index is 11.0. The number of carbonyl (C=O) groups is 1. The summed E-state index contributed by atoms with van der Waals surface area (Å²) in [5.41, 5.74) is 10.7. The van der Waals surface area contributed by atoms with Crippen LogP contribution in [0.15, 0.2) is 0 Å². The van der Waals surface area contributed by atoms with Crippen molar-refractivity contribution >= 4 is 5.97 Å². The molecule has 0 aromatic carbocycles. The molecule has 0 fully saturated rings. The molecule has 0 heterocycles. The van der Waals surface area contributed by atoms with Crippen LogP contribution in [0.1, 0.15) is 19.8 Å². The highest BCUT2D eigenvalue weighted by atomic mass is 16.5. The Morgan fingerprint density at radius 1 is 1.54 bits per heavy atom. The molecule has 5 nitrogen and oxygen atoms in total. The number of carbonyl (C=O) groups excluding carboxylic acids is 1. The lowest BCUT2D eigenvalue weighted by Crippen LogP contribution is -2.34. The summed E-state index contributed by atoms with van der Waals surface area (Å²) in [5, 5.41) is 9.09. The van der Waals surface area contributed by atoms with E-state index < -0.39 is 18.1 Å². The van der Waals surface area contributed by atoms with Crippen LogP contribution in [0.25, 0.3) is 0 Å². The Labute approximate surface area is 78.0 Å². The largest absolute Gasteiger partial charge is 0.465 e. The van der Waals surface area contributed by atoms with Gasteiger partial charge in [0.1, 0.15) is 6.04 Å². The van der Waals surface area contributed by atoms with Gasteiger partial charge in [-0.3, -0.25) is 4.79 Å². The fourth-order valence-corrected chi connectivity index (χ4v) is 0.857. The van der Waals surface area contributed by atoms with Crippen molar-refractivity contribution in [2.45, 2.75) is 31.9 Å². The summed E-state index contributed by atoms with van der Waals surface area (Å²) >= 11 is 0. The lowest BCUT2D eigenvalue weighted by Gasteiger charge is -2.12. The average Bonchev–Trinajstić information content (AvgIpc) is 2.13. The Morgan fingerprint density at radius 2 is 2.15 bits per heavy atom. The molecule has 0 spiro atoms. The lowest BCUT2D eigenvalue weighted by molar-refractivity contribution is -0.144. The van der Waals surface area contributed by atoms with Gasteiger partial charge in [-0.2, -0.15) is 0 Å². The SMILES string of the molecule is CCOC(=O)C(N)CCC(O)CN. The number of aliphatic hydroxyl groups excluding tert-OH is 1. The van der Waals surface area contributed by atoms with Crippen LogP contribution in [-0.4, -0.2) is 36.4 Å². The van der Waals surface area contributed by atoms with Crippen LogP contribution in [0.3, 0.4) is 0 Å². The molecule has 0 amide bonds. The molecule has 0 aromatic heterocycles. The molecule has 2 unspecified atom stereocenters. The second-order valence-corrected chi connectivity index (χ2v) is 2.83. The molecule has 0 aliphatic carbocycles. The Morgan fingerprint density at radius 3 is 2.62 bits per heavy atom. The van der Waals surface area contributed by atoms with Crippen LogP contribution >= 0.6 is 0 Å². The molecular weight excluding hydrogens is 172 g/mol. The zero-order valence-corrected chi connectivity index (χ0v) is 7.90. The van der Waals surface area contributed by atoms with Gasteiger partial charge in [0.25, 0.3) is 0 Å². The molecule has 0 rings (SSSR count). The normalized spacial score (nSPS) is 15.1. The molecule has 5 N–H and O–H groups in total. The van der Waals surface area contributed by atoms with Crippen molar-refractivity contribution in [3.05, 3.63) is 0 Å². The lowest BCUT2D eigenvalue weighted by atomic mass is 10.1. The molecule has 5 heteroatoms. The van der Waals surface area contributed by atoms with Gasteiger partial charge in [0.15, 0.2) is 0 Å². The fraction of sp³-hybridized carbons (Fsp3) is 0.875. The third-order valence-electron chi connectivity index (χ3n) is 1.67. The van der Waals surface area contributed by atoms with E-state index in [1.54, 1.807) is 6.92 Å². The molecule has 0 radical (unpaired) electrons. The van der Waals surface area contributed by atoms with Gasteiger partial charge in [0, 0.05) is 6.54 Å². The molecule has 0 aromatic rings. The number of esters is 1. The topological polar surface area (TPSA) is 98.6 Å². The van der Waals surface area contributed by atoms with Crippen LogP contribution < -0.4 is 11.5 Å². The van der Waals surface area contributed by atoms with Gasteiger partial charge in [-0.05, 0) is 19.8 Å². The molecule has 0 bridgehead atoms. The quantitative estimate of drug-likeness (QED) is 0.465. The first-order valence-electron chi connectivity index (χ1n) is 4.42. The van der Waals surface area contributed by atoms with Crippen LogP contribution in [0.5, 0.6) is 0 Å². The molecular formula is C8H18N2O3. The third kappa shape index (κ3) is 5.57. The van der Waals surface area contributed by atoms with Gasteiger partial charge in [-0.15, -0.1) is 0 Å². The molecule has 0 saturated carbocycles. The summed E-state index contributed by atoms with van der Waals surface area (Å²) in [6, 6.07) is -0.652. The first kappa shape index (κ1) is 12.3. The summed E-state index contributed by atoms with van der Waals surface area (Å²) in [7, 11) is 0. The van der Waals surface area contributed by atoms with Gasteiger partial charge in [-0.25, -0.2) is 0 Å². The minimum absolute atomic E-state index is 0.190. The van der Waals surface area contributed by atoms with E-state index in [4.69, 9.17) is 21.3 Å². The Hall–Kier alpha value is -0.650. The van der Waals surface area contributed by atoms with Crippen molar-refractivity contribution in [3.8, 4) is 0 Å². The Bertz CT molecular complexity index is 152. The van der Waals surface area contributed by atoms with E-state index in [0.717, 1.165) is 0 Å². The molecule has 13 heavy (non-hydrogen) atoms. The van der Waals surface area contributed by atoms with Crippen LogP contribution in [0, 0.1) is 0 Å². The van der Waals surface area contributed by atoms with E-state index in [0.29, 0.717) is 19.4 Å². The van der Waals surface area contributed by atoms with Gasteiger partial charge >= 0.3 is 5.97 Å². The minimum Gasteiger partial charge on any atom is -0.465 e. The van der Waals surface area contributed by atoms with Crippen molar-refractivity contribution in [1.82, 2.24) is 0 Å². The first-order chi connectivity index (χ1) is 6.11. The monoisotopic (exact) mass is 190 g/mol. The number of nitrogens with two attached hydrogens (primary N) is 2. The van der Waals surface area contributed by atoms with Crippen LogP contribution in [-0.2, 0) is 9.53 Å². The van der Waals surface area contributed by atoms with Crippen molar-refractivity contribution in [3.63, 3.8) is 0 Å². The summed E-state index contributed by atoms with van der Waals surface area (Å²) in [4.78, 5) is 11.0. The zero-order valence-electron chi connectivity index (χ0n) is 7.90. The number of rotatable bonds is 6. The second-order valence-electron chi connectivity index (χ2n) is 2.83.